The first-order chi connectivity index (χ1) is 2.50. The van der Waals surface area contributed by atoms with Gasteiger partial charge in [-0.05, 0) is 0 Å². The van der Waals surface area contributed by atoms with Crippen LogP contribution in [0.15, 0.2) is 8.33 Å². The summed E-state index contributed by atoms with van der Waals surface area (Å²) in [6.07, 6.45) is 0. The second-order valence-corrected chi connectivity index (χ2v) is 3.12. The van der Waals surface area contributed by atoms with Gasteiger partial charge in [-0.2, -0.15) is 0 Å². The Morgan fingerprint density at radius 2 is 2.80 bits per heavy atom. The molecule has 0 aromatic heterocycles. The Bertz CT molecular complexity index is 65.0. The van der Waals surface area contributed by atoms with Gasteiger partial charge in [-0.3, -0.25) is 0 Å². The van der Waals surface area contributed by atoms with Gasteiger partial charge in [0.15, 0.2) is 0 Å². The zero-order chi connectivity index (χ0) is 3.54. The Labute approximate surface area is 40.7 Å². The van der Waals surface area contributed by atoms with Gasteiger partial charge in [-0.15, -0.1) is 0 Å². The van der Waals surface area contributed by atoms with Crippen molar-refractivity contribution in [3.63, 3.8) is 0 Å². The molecule has 1 N–H and O–H groups in total. The Kier molecular flexibility index (Phi) is 1.03. The Morgan fingerprint density at radius 3 is 3.00 bits per heavy atom. The van der Waals surface area contributed by atoms with Crippen molar-refractivity contribution in [2.45, 2.75) is 0 Å². The first-order valence-electron chi connectivity index (χ1n) is 1.30. The summed E-state index contributed by atoms with van der Waals surface area (Å²) in [6.45, 7) is 0. The molecule has 0 bridgehead atoms. The standard InChI is InChI=1S/CH2N3.In/c1-3-4-2;/h1H,(H-,2,3);/q-1;+1. The summed E-state index contributed by atoms with van der Waals surface area (Å²) in [5.74, 6) is 0. The number of rotatable bonds is 0. The summed E-state index contributed by atoms with van der Waals surface area (Å²) in [6, 6.07) is 0. The summed E-state index contributed by atoms with van der Waals surface area (Å²) < 4.78 is 5.70. The fraction of sp³-hybridized carbons (Fsp3) is 0. The maximum absolute atomic E-state index is 3.73. The van der Waals surface area contributed by atoms with E-state index in [-0.39, 0.29) is 0 Å². The SMILES string of the molecule is [CH]1=[In][N]=NN1. The fourth-order valence-corrected chi connectivity index (χ4v) is 1.12. The molecule has 0 aromatic carbocycles. The quantitative estimate of drug-likeness (QED) is 0.515. The van der Waals surface area contributed by atoms with Gasteiger partial charge in [-0.25, -0.2) is 0 Å². The summed E-state index contributed by atoms with van der Waals surface area (Å²) in [4.78, 5) is 0. The Hall–Kier alpha value is 0.140. The van der Waals surface area contributed by atoms with Crippen molar-refractivity contribution in [1.82, 2.24) is 5.43 Å². The van der Waals surface area contributed by atoms with Crippen molar-refractivity contribution in [3.8, 4) is 0 Å². The number of nitrogens with zero attached hydrogens (tertiary/aromatic N) is 2. The molecule has 0 saturated carbocycles. The van der Waals surface area contributed by atoms with E-state index in [1.165, 1.54) is 0 Å². The van der Waals surface area contributed by atoms with Gasteiger partial charge in [0.1, 0.15) is 0 Å². The molecule has 1 rings (SSSR count). The number of nitrogens with one attached hydrogen (secondary N) is 1. The van der Waals surface area contributed by atoms with E-state index in [0.29, 0.717) is 0 Å². The van der Waals surface area contributed by atoms with Crippen molar-refractivity contribution < 1.29 is 0 Å². The van der Waals surface area contributed by atoms with Gasteiger partial charge >= 0.3 is 40.3 Å². The maximum atomic E-state index is 3.73. The predicted molar refractivity (Wildman–Crippen MR) is 19.8 cm³/mol. The monoisotopic (exact) mass is 171 g/mol. The van der Waals surface area contributed by atoms with Crippen molar-refractivity contribution in [1.29, 1.82) is 0 Å². The third-order valence-electron chi connectivity index (χ3n) is 0.331. The molecule has 1 aliphatic heterocycles. The Balaban J connectivity index is 2.61. The second-order valence-electron chi connectivity index (χ2n) is 0.660. The van der Waals surface area contributed by atoms with E-state index in [2.05, 4.69) is 13.8 Å². The Morgan fingerprint density at radius 1 is 1.80 bits per heavy atom. The molecule has 0 saturated heterocycles. The molecule has 3 nitrogen and oxygen atoms in total. The third-order valence-corrected chi connectivity index (χ3v) is 1.89. The molecular weight excluding hydrogens is 169 g/mol. The van der Waals surface area contributed by atoms with Crippen LogP contribution in [0, 0.1) is 0 Å². The molecule has 0 atom stereocenters. The number of hydrogen-bond acceptors (Lipinski definition) is 3. The summed E-state index contributed by atoms with van der Waals surface area (Å²) in [5, 5.41) is 3.49. The van der Waals surface area contributed by atoms with Crippen molar-refractivity contribution in [2.75, 3.05) is 0 Å². The minimum absolute atomic E-state index is 0.587. The van der Waals surface area contributed by atoms with Gasteiger partial charge in [-0.1, -0.05) is 0 Å². The van der Waals surface area contributed by atoms with Crippen molar-refractivity contribution in [3.05, 3.63) is 0 Å². The van der Waals surface area contributed by atoms with E-state index in [9.17, 15) is 0 Å². The van der Waals surface area contributed by atoms with Crippen LogP contribution in [0.25, 0.3) is 0 Å². The number of hydrogen-bond donors (Lipinski definition) is 1. The van der Waals surface area contributed by atoms with Gasteiger partial charge < -0.3 is 0 Å². The van der Waals surface area contributed by atoms with Crippen LogP contribution in [0.5, 0.6) is 0 Å². The zero-order valence-electron chi connectivity index (χ0n) is 2.55. The second kappa shape index (κ2) is 1.55. The van der Waals surface area contributed by atoms with Gasteiger partial charge in [0.05, 0.1) is 0 Å². The fourth-order valence-electron chi connectivity index (χ4n) is 0.167. The average Bonchev–Trinajstić information content (AvgIpc) is 1.76. The van der Waals surface area contributed by atoms with E-state index in [0.717, 1.165) is 0 Å². The van der Waals surface area contributed by atoms with Gasteiger partial charge in [0.25, 0.3) is 0 Å². The topological polar surface area (TPSA) is 36.8 Å². The molecule has 0 fully saturated rings. The molecule has 1 aliphatic rings. The molecule has 0 unspecified atom stereocenters. The zero-order valence-corrected chi connectivity index (χ0v) is 5.84. The van der Waals surface area contributed by atoms with Gasteiger partial charge in [0, 0.05) is 0 Å². The van der Waals surface area contributed by atoms with Crippen LogP contribution in [-0.4, -0.2) is 26.6 Å². The van der Waals surface area contributed by atoms with E-state index in [1.807, 2.05) is 3.88 Å². The van der Waals surface area contributed by atoms with Crippen molar-refractivity contribution in [2.24, 2.45) is 8.33 Å². The van der Waals surface area contributed by atoms with Crippen LogP contribution >= 0.6 is 0 Å². The van der Waals surface area contributed by atoms with Crippen LogP contribution in [0.4, 0.5) is 0 Å². The van der Waals surface area contributed by atoms with E-state index in [4.69, 9.17) is 0 Å². The third kappa shape index (κ3) is 0.718. The predicted octanol–water partition coefficient (Wildman–Crippen LogP) is -0.664. The molecule has 4 heteroatoms. The molecule has 0 amide bonds. The van der Waals surface area contributed by atoms with E-state index in [1.54, 1.807) is 0 Å². The van der Waals surface area contributed by atoms with Crippen LogP contribution in [0.1, 0.15) is 0 Å². The first-order valence-corrected chi connectivity index (χ1v) is 4.68. The first kappa shape index (κ1) is 3.33. The molecule has 0 aliphatic carbocycles. The molecular formula is CH2InN3. The van der Waals surface area contributed by atoms with Crippen LogP contribution in [-0.2, 0) is 0 Å². The van der Waals surface area contributed by atoms with E-state index < -0.39 is 22.7 Å². The van der Waals surface area contributed by atoms with Crippen LogP contribution in [0.2, 0.25) is 0 Å². The molecule has 0 aromatic rings. The van der Waals surface area contributed by atoms with Crippen LogP contribution < -0.4 is 5.43 Å². The van der Waals surface area contributed by atoms with Gasteiger partial charge in [0.2, 0.25) is 0 Å². The molecule has 5 heavy (non-hydrogen) atoms. The minimum atomic E-state index is -0.587. The molecule has 1 heterocycles. The summed E-state index contributed by atoms with van der Waals surface area (Å²) in [7, 11) is 0. The van der Waals surface area contributed by atoms with E-state index >= 15 is 0 Å². The summed E-state index contributed by atoms with van der Waals surface area (Å²) in [5.41, 5.74) is 2.64. The summed E-state index contributed by atoms with van der Waals surface area (Å²) >= 11 is -0.587. The normalized spacial score (nSPS) is 14.4. The van der Waals surface area contributed by atoms with Crippen molar-refractivity contribution >= 4 is 26.6 Å². The van der Waals surface area contributed by atoms with Crippen LogP contribution in [0.3, 0.4) is 0 Å². The molecule has 0 spiro atoms. The molecule has 0 radical (unpaired) electrons. The average molecular weight is 171 g/mol. The molecule has 24 valence electrons.